The van der Waals surface area contributed by atoms with Crippen LogP contribution in [0.1, 0.15) is 16.7 Å². The monoisotopic (exact) mass is 539 g/mol. The van der Waals surface area contributed by atoms with E-state index in [4.69, 9.17) is 4.98 Å². The van der Waals surface area contributed by atoms with Gasteiger partial charge in [-0.15, -0.1) is 34.9 Å². The van der Waals surface area contributed by atoms with Crippen molar-refractivity contribution in [3.05, 3.63) is 89.6 Å². The number of hydrogen-bond donors (Lipinski definition) is 0. The average molecular weight is 539 g/mol. The van der Waals surface area contributed by atoms with Crippen LogP contribution in [0.2, 0.25) is 0 Å². The number of pyridine rings is 1. The van der Waals surface area contributed by atoms with Crippen molar-refractivity contribution in [1.29, 1.82) is 0 Å². The molecule has 0 aliphatic heterocycles. The molecule has 1 aromatic heterocycles. The molecule has 0 saturated carbocycles. The first-order chi connectivity index (χ1) is 13.1. The Morgan fingerprint density at radius 1 is 0.750 bits per heavy atom. The second-order valence-corrected chi connectivity index (χ2v) is 7.41. The summed E-state index contributed by atoms with van der Waals surface area (Å²) >= 11 is 0. The summed E-state index contributed by atoms with van der Waals surface area (Å²) in [5.74, 6) is 0. The van der Waals surface area contributed by atoms with Crippen molar-refractivity contribution in [2.75, 3.05) is 0 Å². The van der Waals surface area contributed by atoms with E-state index in [1.54, 1.807) is 0 Å². The summed E-state index contributed by atoms with van der Waals surface area (Å²) in [5.41, 5.74) is 5.76. The van der Waals surface area contributed by atoms with E-state index >= 15 is 0 Å². The third-order valence-electron chi connectivity index (χ3n) is 5.37. The van der Waals surface area contributed by atoms with Crippen LogP contribution in [0.25, 0.3) is 43.6 Å². The van der Waals surface area contributed by atoms with Crippen LogP contribution in [0.15, 0.2) is 66.9 Å². The Kier molecular flexibility index (Phi) is 4.79. The van der Waals surface area contributed by atoms with Crippen LogP contribution in [0.5, 0.6) is 0 Å². The fraction of sp³-hybridized carbons (Fsp3) is 0.115. The van der Waals surface area contributed by atoms with Crippen molar-refractivity contribution in [1.82, 2.24) is 4.98 Å². The average Bonchev–Trinajstić information content (AvgIpc) is 2.66. The predicted molar refractivity (Wildman–Crippen MR) is 115 cm³/mol. The first-order valence-electron chi connectivity index (χ1n) is 9.32. The Morgan fingerprint density at radius 3 is 2.32 bits per heavy atom. The number of rotatable bonds is 1. The number of aromatic nitrogens is 1. The molecule has 1 nitrogen and oxygen atoms in total. The smallest absolute Gasteiger partial charge is 0.0167 e. The van der Waals surface area contributed by atoms with Crippen molar-refractivity contribution in [3.63, 3.8) is 0 Å². The van der Waals surface area contributed by atoms with Gasteiger partial charge < -0.3 is 4.98 Å². The van der Waals surface area contributed by atoms with Crippen molar-refractivity contribution < 1.29 is 20.1 Å². The SMILES string of the molecule is Cc1[c-]c(-c2nccc3c2ccc2c4ccccc4cc(C)c32)cc(C)c1.[Ir]. The van der Waals surface area contributed by atoms with Crippen LogP contribution in [-0.4, -0.2) is 4.98 Å². The number of aryl methyl sites for hydroxylation is 3. The minimum absolute atomic E-state index is 0. The topological polar surface area (TPSA) is 12.9 Å². The molecule has 2 heteroatoms. The molecule has 0 aliphatic rings. The van der Waals surface area contributed by atoms with Crippen molar-refractivity contribution in [2.45, 2.75) is 20.8 Å². The minimum atomic E-state index is 0. The van der Waals surface area contributed by atoms with Crippen molar-refractivity contribution in [3.8, 4) is 11.3 Å². The third-order valence-corrected chi connectivity index (χ3v) is 5.37. The molecule has 0 fully saturated rings. The maximum absolute atomic E-state index is 4.73. The van der Waals surface area contributed by atoms with Gasteiger partial charge >= 0.3 is 0 Å². The van der Waals surface area contributed by atoms with Gasteiger partial charge in [0, 0.05) is 26.3 Å². The predicted octanol–water partition coefficient (Wildman–Crippen LogP) is 6.93. The minimum Gasteiger partial charge on any atom is -0.304 e. The van der Waals surface area contributed by atoms with Gasteiger partial charge in [0.2, 0.25) is 0 Å². The molecular weight excluding hydrogens is 519 g/mol. The normalized spacial score (nSPS) is 11.1. The van der Waals surface area contributed by atoms with E-state index in [0.29, 0.717) is 0 Å². The van der Waals surface area contributed by atoms with E-state index in [1.807, 2.05) is 6.20 Å². The van der Waals surface area contributed by atoms with Gasteiger partial charge in [-0.2, -0.15) is 0 Å². The Balaban J connectivity index is 0.00000192. The molecule has 0 atom stereocenters. The molecule has 0 N–H and O–H groups in total. The quantitative estimate of drug-likeness (QED) is 0.167. The maximum atomic E-state index is 4.73. The van der Waals surface area contributed by atoms with Gasteiger partial charge in [0.15, 0.2) is 0 Å². The third kappa shape index (κ3) is 2.94. The van der Waals surface area contributed by atoms with Gasteiger partial charge in [-0.1, -0.05) is 56.3 Å². The zero-order valence-corrected chi connectivity index (χ0v) is 18.5. The molecule has 0 aliphatic carbocycles. The summed E-state index contributed by atoms with van der Waals surface area (Å²) < 4.78 is 0. The molecule has 0 unspecified atom stereocenters. The van der Waals surface area contributed by atoms with Gasteiger partial charge in [0.25, 0.3) is 0 Å². The number of benzene rings is 4. The largest absolute Gasteiger partial charge is 0.304 e. The Morgan fingerprint density at radius 2 is 1.50 bits per heavy atom. The summed E-state index contributed by atoms with van der Waals surface area (Å²) in [4.78, 5) is 4.73. The molecule has 1 radical (unpaired) electrons. The van der Waals surface area contributed by atoms with Crippen molar-refractivity contribution in [2.24, 2.45) is 0 Å². The first kappa shape index (κ1) is 18.8. The van der Waals surface area contributed by atoms with Gasteiger partial charge in [-0.3, -0.25) is 0 Å². The second-order valence-electron chi connectivity index (χ2n) is 7.41. The summed E-state index contributed by atoms with van der Waals surface area (Å²) in [7, 11) is 0. The number of fused-ring (bicyclic) bond motifs is 5. The number of hydrogen-bond acceptors (Lipinski definition) is 1. The first-order valence-corrected chi connectivity index (χ1v) is 9.32. The van der Waals surface area contributed by atoms with E-state index in [1.165, 1.54) is 43.4 Å². The van der Waals surface area contributed by atoms with Gasteiger partial charge in [-0.25, -0.2) is 0 Å². The molecule has 1 heterocycles. The zero-order chi connectivity index (χ0) is 18.5. The second kappa shape index (κ2) is 7.13. The van der Waals surface area contributed by atoms with Crippen LogP contribution in [0.3, 0.4) is 0 Å². The van der Waals surface area contributed by atoms with E-state index in [9.17, 15) is 0 Å². The molecule has 5 aromatic rings. The fourth-order valence-electron chi connectivity index (χ4n) is 4.32. The van der Waals surface area contributed by atoms with Gasteiger partial charge in [-0.05, 0) is 56.6 Å². The fourth-order valence-corrected chi connectivity index (χ4v) is 4.32. The summed E-state index contributed by atoms with van der Waals surface area (Å²) in [6.07, 6.45) is 1.93. The van der Waals surface area contributed by atoms with Crippen LogP contribution < -0.4 is 0 Å². The molecule has 0 spiro atoms. The summed E-state index contributed by atoms with van der Waals surface area (Å²) in [5, 5.41) is 7.66. The van der Waals surface area contributed by atoms with E-state index in [0.717, 1.165) is 16.8 Å². The molecular formula is C26H20IrN-. The molecule has 0 bridgehead atoms. The van der Waals surface area contributed by atoms with E-state index < -0.39 is 0 Å². The molecule has 0 saturated heterocycles. The van der Waals surface area contributed by atoms with Crippen LogP contribution in [0.4, 0.5) is 0 Å². The zero-order valence-electron chi connectivity index (χ0n) is 16.1. The number of nitrogens with zero attached hydrogens (tertiary/aromatic N) is 1. The molecule has 28 heavy (non-hydrogen) atoms. The molecule has 5 rings (SSSR count). The molecule has 139 valence electrons. The Labute approximate surface area is 178 Å². The molecule has 0 amide bonds. The standard InChI is InChI=1S/C26H20N.Ir/c1-16-12-17(2)14-20(13-16)26-24-9-8-22-21-7-5-4-6-19(21)15-18(3)25(22)23(24)10-11-27-26;/h4-13,15H,1-3H3;/q-1;. The Hall–Kier alpha value is -2.54. The summed E-state index contributed by atoms with van der Waals surface area (Å²) in [6.45, 7) is 6.42. The van der Waals surface area contributed by atoms with Crippen LogP contribution >= 0.6 is 0 Å². The van der Waals surface area contributed by atoms with Crippen molar-refractivity contribution >= 4 is 32.3 Å². The van der Waals surface area contributed by atoms with Crippen LogP contribution in [-0.2, 0) is 20.1 Å². The van der Waals surface area contributed by atoms with Gasteiger partial charge in [0.1, 0.15) is 0 Å². The molecule has 4 aromatic carbocycles. The van der Waals surface area contributed by atoms with Gasteiger partial charge in [0.05, 0.1) is 0 Å². The van der Waals surface area contributed by atoms with E-state index in [-0.39, 0.29) is 20.1 Å². The van der Waals surface area contributed by atoms with Crippen LogP contribution in [0, 0.1) is 26.8 Å². The Bertz CT molecular complexity index is 1330. The van der Waals surface area contributed by atoms with E-state index in [2.05, 4.69) is 87.5 Å². The summed E-state index contributed by atoms with van der Waals surface area (Å²) in [6, 6.07) is 25.3. The maximum Gasteiger partial charge on any atom is 0.0167 e.